The van der Waals surface area contributed by atoms with E-state index >= 15 is 0 Å². The second kappa shape index (κ2) is 5.25. The summed E-state index contributed by atoms with van der Waals surface area (Å²) < 4.78 is 19.0. The predicted molar refractivity (Wildman–Crippen MR) is 87.3 cm³/mol. The highest BCUT2D eigenvalue weighted by molar-refractivity contribution is 6.32. The Labute approximate surface area is 137 Å². The van der Waals surface area contributed by atoms with Crippen molar-refractivity contribution >= 4 is 34.3 Å². The highest BCUT2D eigenvalue weighted by Gasteiger charge is 2.30. The molecule has 0 saturated carbocycles. The number of rotatable bonds is 1. The van der Waals surface area contributed by atoms with Crippen molar-refractivity contribution in [2.75, 3.05) is 11.9 Å². The topological polar surface area (TPSA) is 38.3 Å². The van der Waals surface area contributed by atoms with Gasteiger partial charge in [0.2, 0.25) is 0 Å². The van der Waals surface area contributed by atoms with Crippen LogP contribution in [0.15, 0.2) is 54.3 Å². The molecule has 0 fully saturated rings. The third-order valence-electron chi connectivity index (χ3n) is 3.88. The molecule has 114 valence electrons. The Balaban J connectivity index is 1.78. The van der Waals surface area contributed by atoms with Crippen LogP contribution in [0.1, 0.15) is 11.1 Å². The normalized spacial score (nSPS) is 19.2. The number of fused-ring (bicyclic) bond motifs is 1. The zero-order valence-corrected chi connectivity index (χ0v) is 12.7. The van der Waals surface area contributed by atoms with Gasteiger partial charge in [-0.1, -0.05) is 23.7 Å². The van der Waals surface area contributed by atoms with E-state index in [0.29, 0.717) is 34.2 Å². The fourth-order valence-electron chi connectivity index (χ4n) is 2.76. The molecule has 0 bridgehead atoms. The average Bonchev–Trinajstić information content (AvgIpc) is 3.11. The van der Waals surface area contributed by atoms with Crippen LogP contribution in [0.25, 0.3) is 11.1 Å². The summed E-state index contributed by atoms with van der Waals surface area (Å²) in [5.74, 6) is -0.174. The number of carbonyl (C=O) groups excluding carboxylic acids is 1. The second-order valence-corrected chi connectivity index (χ2v) is 5.78. The van der Waals surface area contributed by atoms with E-state index in [1.54, 1.807) is 6.07 Å². The summed E-state index contributed by atoms with van der Waals surface area (Å²) in [4.78, 5) is 12.2. The van der Waals surface area contributed by atoms with E-state index in [-0.39, 0.29) is 11.7 Å². The maximum atomic E-state index is 13.3. The van der Waals surface area contributed by atoms with Crippen LogP contribution in [0.3, 0.4) is 0 Å². The van der Waals surface area contributed by atoms with Gasteiger partial charge in [0.1, 0.15) is 18.2 Å². The van der Waals surface area contributed by atoms with E-state index in [1.807, 2.05) is 30.3 Å². The fourth-order valence-corrected chi connectivity index (χ4v) is 2.89. The van der Waals surface area contributed by atoms with Crippen molar-refractivity contribution < 1.29 is 13.9 Å². The summed E-state index contributed by atoms with van der Waals surface area (Å²) in [5, 5.41) is 3.33. The minimum atomic E-state index is -0.389. The molecule has 2 heterocycles. The summed E-state index contributed by atoms with van der Waals surface area (Å²) in [6, 6.07) is 11.7. The third-order valence-corrected chi connectivity index (χ3v) is 4.13. The van der Waals surface area contributed by atoms with Gasteiger partial charge in [0.05, 0.1) is 11.3 Å². The molecular weight excluding hydrogens is 317 g/mol. The number of anilines is 1. The van der Waals surface area contributed by atoms with Gasteiger partial charge in [-0.2, -0.15) is 0 Å². The molecule has 2 aromatic rings. The van der Waals surface area contributed by atoms with Gasteiger partial charge in [-0.15, -0.1) is 0 Å². The molecule has 0 spiro atoms. The zero-order valence-electron chi connectivity index (χ0n) is 11.9. The van der Waals surface area contributed by atoms with Gasteiger partial charge >= 0.3 is 0 Å². The third kappa shape index (κ3) is 2.41. The van der Waals surface area contributed by atoms with Gasteiger partial charge in [0.25, 0.3) is 5.91 Å². The Bertz CT molecular complexity index is 884. The Kier molecular flexibility index (Phi) is 3.20. The Hall–Kier alpha value is -2.59. The quantitative estimate of drug-likeness (QED) is 0.795. The number of allylic oxidation sites excluding steroid dienone is 1. The van der Waals surface area contributed by atoms with Gasteiger partial charge in [-0.25, -0.2) is 4.39 Å². The lowest BCUT2D eigenvalue weighted by Gasteiger charge is -2.03. The Morgan fingerprint density at radius 2 is 1.91 bits per heavy atom. The van der Waals surface area contributed by atoms with Gasteiger partial charge in [0.15, 0.2) is 0 Å². The molecule has 1 amide bonds. The summed E-state index contributed by atoms with van der Waals surface area (Å²) in [6.45, 7) is 0.379. The maximum absolute atomic E-state index is 13.3. The lowest BCUT2D eigenvalue weighted by molar-refractivity contribution is -0.110. The molecule has 5 heteroatoms. The number of hydrogen-bond donors (Lipinski definition) is 1. The van der Waals surface area contributed by atoms with Crippen LogP contribution in [-0.2, 0) is 9.53 Å². The summed E-state index contributed by atoms with van der Waals surface area (Å²) in [7, 11) is 0. The van der Waals surface area contributed by atoms with Crippen molar-refractivity contribution in [2.24, 2.45) is 0 Å². The summed E-state index contributed by atoms with van der Waals surface area (Å²) >= 11 is 5.90. The SMILES string of the molecule is O=C1Nc2cc(F)ccc2/C1=C1/C=C(c2ccc(Cl)cc2)CO1. The van der Waals surface area contributed by atoms with Crippen LogP contribution in [0.5, 0.6) is 0 Å². The molecule has 0 aliphatic carbocycles. The zero-order chi connectivity index (χ0) is 16.0. The van der Waals surface area contributed by atoms with Crippen LogP contribution in [-0.4, -0.2) is 12.5 Å². The lowest BCUT2D eigenvalue weighted by Crippen LogP contribution is -2.05. The maximum Gasteiger partial charge on any atom is 0.260 e. The van der Waals surface area contributed by atoms with Gasteiger partial charge < -0.3 is 10.1 Å². The smallest absolute Gasteiger partial charge is 0.260 e. The monoisotopic (exact) mass is 327 g/mol. The molecule has 23 heavy (non-hydrogen) atoms. The van der Waals surface area contributed by atoms with E-state index in [9.17, 15) is 9.18 Å². The van der Waals surface area contributed by atoms with Crippen molar-refractivity contribution in [1.29, 1.82) is 0 Å². The van der Waals surface area contributed by atoms with E-state index in [2.05, 4.69) is 5.32 Å². The molecule has 0 saturated heterocycles. The first-order valence-corrected chi connectivity index (χ1v) is 7.44. The van der Waals surface area contributed by atoms with Crippen LogP contribution in [0.2, 0.25) is 5.02 Å². The first-order chi connectivity index (χ1) is 11.1. The number of ether oxygens (including phenoxy) is 1. The molecule has 4 rings (SSSR count). The van der Waals surface area contributed by atoms with E-state index < -0.39 is 0 Å². The van der Waals surface area contributed by atoms with Crippen molar-refractivity contribution in [3.8, 4) is 0 Å². The first kappa shape index (κ1) is 14.0. The molecular formula is C18H11ClFNO2. The van der Waals surface area contributed by atoms with Crippen molar-refractivity contribution in [3.05, 3.63) is 76.3 Å². The summed E-state index contributed by atoms with van der Waals surface area (Å²) in [6.07, 6.45) is 1.84. The van der Waals surface area contributed by atoms with Crippen LogP contribution >= 0.6 is 11.6 Å². The van der Waals surface area contributed by atoms with Gasteiger partial charge in [-0.3, -0.25) is 4.79 Å². The Morgan fingerprint density at radius 3 is 2.70 bits per heavy atom. The fraction of sp³-hybridized carbons (Fsp3) is 0.0556. The van der Waals surface area contributed by atoms with Gasteiger partial charge in [0, 0.05) is 16.2 Å². The summed E-state index contributed by atoms with van der Waals surface area (Å²) in [5.41, 5.74) is 3.51. The number of hydrogen-bond acceptors (Lipinski definition) is 2. The number of benzene rings is 2. The van der Waals surface area contributed by atoms with Crippen LogP contribution < -0.4 is 5.32 Å². The molecule has 3 nitrogen and oxygen atoms in total. The minimum Gasteiger partial charge on any atom is -0.488 e. The Morgan fingerprint density at radius 1 is 1.13 bits per heavy atom. The minimum absolute atomic E-state index is 0.283. The first-order valence-electron chi connectivity index (χ1n) is 7.07. The van der Waals surface area contributed by atoms with E-state index in [4.69, 9.17) is 16.3 Å². The highest BCUT2D eigenvalue weighted by atomic mass is 35.5. The van der Waals surface area contributed by atoms with Crippen molar-refractivity contribution in [2.45, 2.75) is 0 Å². The number of halogens is 2. The number of carbonyl (C=O) groups is 1. The van der Waals surface area contributed by atoms with Crippen LogP contribution in [0.4, 0.5) is 10.1 Å². The van der Waals surface area contributed by atoms with Gasteiger partial charge in [-0.05, 0) is 42.0 Å². The van der Waals surface area contributed by atoms with Crippen molar-refractivity contribution in [1.82, 2.24) is 0 Å². The molecule has 0 atom stereocenters. The van der Waals surface area contributed by atoms with E-state index in [1.165, 1.54) is 12.1 Å². The molecule has 0 radical (unpaired) electrons. The predicted octanol–water partition coefficient (Wildman–Crippen LogP) is 4.26. The van der Waals surface area contributed by atoms with E-state index in [0.717, 1.165) is 11.1 Å². The second-order valence-electron chi connectivity index (χ2n) is 5.35. The lowest BCUT2D eigenvalue weighted by atomic mass is 10.0. The molecule has 0 aromatic heterocycles. The molecule has 2 aromatic carbocycles. The molecule has 0 unspecified atom stereocenters. The molecule has 1 N–H and O–H groups in total. The molecule has 2 aliphatic heterocycles. The highest BCUT2D eigenvalue weighted by Crippen LogP contribution is 2.38. The van der Waals surface area contributed by atoms with Crippen LogP contribution in [0, 0.1) is 5.82 Å². The molecule has 2 aliphatic rings. The largest absolute Gasteiger partial charge is 0.488 e. The standard InChI is InChI=1S/C18H11ClFNO2/c19-12-3-1-10(2-4-12)11-7-16(23-9-11)17-14-6-5-13(20)8-15(14)21-18(17)22/h1-8H,9H2,(H,21,22)/b17-16+. The average molecular weight is 328 g/mol. The number of amides is 1. The number of nitrogens with one attached hydrogen (secondary N) is 1. The van der Waals surface area contributed by atoms with Crippen molar-refractivity contribution in [3.63, 3.8) is 0 Å².